The van der Waals surface area contributed by atoms with Crippen molar-refractivity contribution in [1.82, 2.24) is 0 Å². The Morgan fingerprint density at radius 2 is 1.06 bits per heavy atom. The lowest BCUT2D eigenvalue weighted by Gasteiger charge is -2.21. The zero-order chi connectivity index (χ0) is 12.9. The number of hydrogen-bond acceptors (Lipinski definition) is 2. The van der Waals surface area contributed by atoms with Crippen LogP contribution in [0.25, 0.3) is 0 Å². The molecule has 2 nitrogen and oxygen atoms in total. The highest BCUT2D eigenvalue weighted by Crippen LogP contribution is 2.23. The number of ketones is 2. The number of rotatable bonds is 7. The summed E-state index contributed by atoms with van der Waals surface area (Å²) in [5.41, 5.74) is 0. The van der Waals surface area contributed by atoms with E-state index in [1.54, 1.807) is 0 Å². The molecule has 0 bridgehead atoms. The second-order valence-electron chi connectivity index (χ2n) is 5.65. The van der Waals surface area contributed by atoms with Crippen molar-refractivity contribution in [2.24, 2.45) is 23.7 Å². The Kier molecular flexibility index (Phi) is 6.54. The van der Waals surface area contributed by atoms with Crippen molar-refractivity contribution in [3.8, 4) is 0 Å². The van der Waals surface area contributed by atoms with Crippen molar-refractivity contribution in [2.75, 3.05) is 0 Å². The van der Waals surface area contributed by atoms with Crippen LogP contribution in [-0.2, 0) is 9.59 Å². The van der Waals surface area contributed by atoms with Gasteiger partial charge in [-0.15, -0.1) is 0 Å². The van der Waals surface area contributed by atoms with Gasteiger partial charge in [-0.05, 0) is 11.8 Å². The SMILES string of the molecule is CC(C)C(=O)CC(CC(=O)C(C)C)C(C)C. The smallest absolute Gasteiger partial charge is 0.135 e. The Hall–Kier alpha value is -0.660. The van der Waals surface area contributed by atoms with E-state index in [1.165, 1.54) is 0 Å². The summed E-state index contributed by atoms with van der Waals surface area (Å²) in [5, 5.41) is 0. The fourth-order valence-electron chi connectivity index (χ4n) is 1.53. The summed E-state index contributed by atoms with van der Waals surface area (Å²) in [6.07, 6.45) is 1.10. The Bertz CT molecular complexity index is 217. The maximum atomic E-state index is 11.7. The quantitative estimate of drug-likeness (QED) is 0.666. The number of carbonyl (C=O) groups excluding carboxylic acids is 2. The maximum absolute atomic E-state index is 11.7. The third-order valence-electron chi connectivity index (χ3n) is 3.16. The summed E-state index contributed by atoms with van der Waals surface area (Å²) in [7, 11) is 0. The van der Waals surface area contributed by atoms with Crippen molar-refractivity contribution in [3.05, 3.63) is 0 Å². The minimum Gasteiger partial charge on any atom is -0.299 e. The van der Waals surface area contributed by atoms with Crippen LogP contribution in [0.5, 0.6) is 0 Å². The van der Waals surface area contributed by atoms with Crippen molar-refractivity contribution in [1.29, 1.82) is 0 Å². The van der Waals surface area contributed by atoms with Gasteiger partial charge in [-0.25, -0.2) is 0 Å². The fraction of sp³-hybridized carbons (Fsp3) is 0.857. The molecule has 0 unspecified atom stereocenters. The lowest BCUT2D eigenvalue weighted by atomic mass is 9.83. The summed E-state index contributed by atoms with van der Waals surface area (Å²) in [5.74, 6) is 1.31. The van der Waals surface area contributed by atoms with E-state index in [2.05, 4.69) is 13.8 Å². The molecule has 0 spiro atoms. The molecule has 0 fully saturated rings. The maximum Gasteiger partial charge on any atom is 0.135 e. The molecular formula is C14H26O2. The minimum atomic E-state index is 0.0791. The van der Waals surface area contributed by atoms with Crippen molar-refractivity contribution >= 4 is 11.6 Å². The molecule has 0 aliphatic rings. The van der Waals surface area contributed by atoms with Gasteiger partial charge in [-0.2, -0.15) is 0 Å². The zero-order valence-electron chi connectivity index (χ0n) is 11.5. The molecule has 0 atom stereocenters. The first kappa shape index (κ1) is 15.3. The predicted octanol–water partition coefficient (Wildman–Crippen LogP) is 3.49. The largest absolute Gasteiger partial charge is 0.299 e. The van der Waals surface area contributed by atoms with Gasteiger partial charge in [0.25, 0.3) is 0 Å². The second-order valence-corrected chi connectivity index (χ2v) is 5.65. The Balaban J connectivity index is 4.40. The summed E-state index contributed by atoms with van der Waals surface area (Å²) < 4.78 is 0. The summed E-state index contributed by atoms with van der Waals surface area (Å²) >= 11 is 0. The first-order valence-electron chi connectivity index (χ1n) is 6.31. The van der Waals surface area contributed by atoms with Crippen LogP contribution in [0.3, 0.4) is 0 Å². The second kappa shape index (κ2) is 6.82. The Labute approximate surface area is 99.8 Å². The third kappa shape index (κ3) is 5.43. The Morgan fingerprint density at radius 3 is 1.25 bits per heavy atom. The molecule has 0 aromatic carbocycles. The highest BCUT2D eigenvalue weighted by atomic mass is 16.1. The molecule has 0 aromatic heterocycles. The monoisotopic (exact) mass is 226 g/mol. The molecule has 0 amide bonds. The molecule has 0 saturated carbocycles. The lowest BCUT2D eigenvalue weighted by Crippen LogP contribution is -2.22. The third-order valence-corrected chi connectivity index (χ3v) is 3.16. The average molecular weight is 226 g/mol. The van der Waals surface area contributed by atoms with Gasteiger partial charge in [-0.3, -0.25) is 9.59 Å². The van der Waals surface area contributed by atoms with Crippen molar-refractivity contribution < 1.29 is 9.59 Å². The van der Waals surface area contributed by atoms with Crippen LogP contribution in [0, 0.1) is 23.7 Å². The number of carbonyl (C=O) groups is 2. The van der Waals surface area contributed by atoms with Gasteiger partial charge in [0.05, 0.1) is 0 Å². The molecule has 0 aliphatic carbocycles. The summed E-state index contributed by atoms with van der Waals surface area (Å²) in [6.45, 7) is 11.9. The van der Waals surface area contributed by atoms with Gasteiger partial charge in [-0.1, -0.05) is 41.5 Å². The molecule has 0 aromatic rings. The van der Waals surface area contributed by atoms with E-state index in [0.29, 0.717) is 18.8 Å². The van der Waals surface area contributed by atoms with Crippen LogP contribution >= 0.6 is 0 Å². The molecule has 0 N–H and O–H groups in total. The van der Waals surface area contributed by atoms with Crippen LogP contribution in [0.4, 0.5) is 0 Å². The van der Waals surface area contributed by atoms with Gasteiger partial charge in [0, 0.05) is 24.7 Å². The Morgan fingerprint density at radius 1 is 0.750 bits per heavy atom. The van der Waals surface area contributed by atoms with E-state index < -0.39 is 0 Å². The van der Waals surface area contributed by atoms with Crippen molar-refractivity contribution in [3.63, 3.8) is 0 Å². The number of hydrogen-bond donors (Lipinski definition) is 0. The first-order valence-corrected chi connectivity index (χ1v) is 6.31. The fourth-order valence-corrected chi connectivity index (χ4v) is 1.53. The summed E-state index contributed by atoms with van der Waals surface area (Å²) in [4.78, 5) is 23.4. The molecular weight excluding hydrogens is 200 g/mol. The topological polar surface area (TPSA) is 34.1 Å². The van der Waals surface area contributed by atoms with Gasteiger partial charge >= 0.3 is 0 Å². The van der Waals surface area contributed by atoms with E-state index in [4.69, 9.17) is 0 Å². The minimum absolute atomic E-state index is 0.0791. The lowest BCUT2D eigenvalue weighted by molar-refractivity contribution is -0.125. The van der Waals surface area contributed by atoms with Crippen LogP contribution < -0.4 is 0 Å². The van der Waals surface area contributed by atoms with E-state index in [-0.39, 0.29) is 29.3 Å². The molecule has 0 radical (unpaired) electrons. The number of Topliss-reactive ketones (excluding diaryl/α,β-unsaturated/α-hetero) is 2. The van der Waals surface area contributed by atoms with Crippen LogP contribution in [-0.4, -0.2) is 11.6 Å². The molecule has 16 heavy (non-hydrogen) atoms. The van der Waals surface area contributed by atoms with Crippen LogP contribution in [0.15, 0.2) is 0 Å². The molecule has 94 valence electrons. The average Bonchev–Trinajstić information content (AvgIpc) is 2.15. The van der Waals surface area contributed by atoms with Gasteiger partial charge < -0.3 is 0 Å². The molecule has 2 heteroatoms. The van der Waals surface area contributed by atoms with Gasteiger partial charge in [0.1, 0.15) is 11.6 Å². The van der Waals surface area contributed by atoms with Crippen molar-refractivity contribution in [2.45, 2.75) is 54.4 Å². The van der Waals surface area contributed by atoms with Crippen LogP contribution in [0.1, 0.15) is 54.4 Å². The first-order chi connectivity index (χ1) is 7.25. The highest BCUT2D eigenvalue weighted by Gasteiger charge is 2.23. The zero-order valence-corrected chi connectivity index (χ0v) is 11.5. The summed E-state index contributed by atoms with van der Waals surface area (Å²) in [6, 6.07) is 0. The molecule has 0 saturated heterocycles. The van der Waals surface area contributed by atoms with E-state index >= 15 is 0 Å². The highest BCUT2D eigenvalue weighted by molar-refractivity contribution is 5.83. The van der Waals surface area contributed by atoms with E-state index in [9.17, 15) is 9.59 Å². The van der Waals surface area contributed by atoms with E-state index in [1.807, 2.05) is 27.7 Å². The molecule has 0 heterocycles. The van der Waals surface area contributed by atoms with Gasteiger partial charge in [0.15, 0.2) is 0 Å². The standard InChI is InChI=1S/C14H26O2/c1-9(2)12(7-13(15)10(3)4)8-14(16)11(5)6/h9-12H,7-8H2,1-6H3. The molecule has 0 rings (SSSR count). The van der Waals surface area contributed by atoms with Gasteiger partial charge in [0.2, 0.25) is 0 Å². The molecule has 0 aliphatic heterocycles. The van der Waals surface area contributed by atoms with Crippen LogP contribution in [0.2, 0.25) is 0 Å². The van der Waals surface area contributed by atoms with E-state index in [0.717, 1.165) is 0 Å². The predicted molar refractivity (Wildman–Crippen MR) is 67.3 cm³/mol. The normalized spacial score (nSPS) is 11.9.